The second kappa shape index (κ2) is 7.53. The summed E-state index contributed by atoms with van der Waals surface area (Å²) in [7, 11) is 0. The molecule has 0 aromatic carbocycles. The number of carboxylic acid groups (broad SMARTS) is 1. The minimum Gasteiger partial charge on any atom is -0.481 e. The van der Waals surface area contributed by atoms with Gasteiger partial charge in [-0.25, -0.2) is 0 Å². The number of ether oxygens (including phenoxy) is 1. The maximum Gasteiger partial charge on any atom is 0.312 e. The van der Waals surface area contributed by atoms with Crippen LogP contribution in [0.4, 0.5) is 0 Å². The van der Waals surface area contributed by atoms with E-state index in [2.05, 4.69) is 34.9 Å². The number of hydrogen-bond acceptors (Lipinski definition) is 5. The summed E-state index contributed by atoms with van der Waals surface area (Å²) in [6.45, 7) is 10.6. The van der Waals surface area contributed by atoms with E-state index in [1.165, 1.54) is 5.56 Å². The number of carboxylic acids is 1. The Kier molecular flexibility index (Phi) is 5.27. The smallest absolute Gasteiger partial charge is 0.312 e. The Balaban J connectivity index is 1.44. The summed E-state index contributed by atoms with van der Waals surface area (Å²) in [6, 6.07) is 0.489. The first-order chi connectivity index (χ1) is 13.0. The van der Waals surface area contributed by atoms with Crippen molar-refractivity contribution in [2.45, 2.75) is 52.2 Å². The van der Waals surface area contributed by atoms with Gasteiger partial charge >= 0.3 is 5.97 Å². The second-order valence-corrected chi connectivity index (χ2v) is 8.60. The Hall–Kier alpha value is -1.44. The van der Waals surface area contributed by atoms with Crippen LogP contribution in [0.25, 0.3) is 0 Å². The molecule has 150 valence electrons. The van der Waals surface area contributed by atoms with Gasteiger partial charge in [0.1, 0.15) is 0 Å². The van der Waals surface area contributed by atoms with Crippen LogP contribution >= 0.6 is 0 Å². The van der Waals surface area contributed by atoms with Gasteiger partial charge in [-0.15, -0.1) is 0 Å². The van der Waals surface area contributed by atoms with Crippen molar-refractivity contribution in [2.75, 3.05) is 39.4 Å². The van der Waals surface area contributed by atoms with Gasteiger partial charge < -0.3 is 9.84 Å². The van der Waals surface area contributed by atoms with E-state index in [4.69, 9.17) is 4.74 Å². The van der Waals surface area contributed by atoms with E-state index in [9.17, 15) is 9.90 Å². The Labute approximate surface area is 161 Å². The first-order valence-electron chi connectivity index (χ1n) is 10.3. The third kappa shape index (κ3) is 3.52. The minimum absolute atomic E-state index is 0.212. The topological polar surface area (TPSA) is 70.8 Å². The lowest BCUT2D eigenvalue weighted by Gasteiger charge is -2.33. The average molecular weight is 377 g/mol. The van der Waals surface area contributed by atoms with Gasteiger partial charge in [-0.3, -0.25) is 19.3 Å². The van der Waals surface area contributed by atoms with Crippen molar-refractivity contribution in [3.63, 3.8) is 0 Å². The summed E-state index contributed by atoms with van der Waals surface area (Å²) in [6.07, 6.45) is 5.26. The van der Waals surface area contributed by atoms with E-state index in [0.717, 1.165) is 64.3 Å². The molecular weight excluding hydrogens is 344 g/mol. The third-order valence-electron chi connectivity index (χ3n) is 6.73. The van der Waals surface area contributed by atoms with Crippen molar-refractivity contribution >= 4 is 5.97 Å². The van der Waals surface area contributed by atoms with Gasteiger partial charge in [0, 0.05) is 76.2 Å². The van der Waals surface area contributed by atoms with Crippen molar-refractivity contribution in [1.29, 1.82) is 0 Å². The van der Waals surface area contributed by atoms with E-state index >= 15 is 0 Å². The quantitative estimate of drug-likeness (QED) is 0.813. The molecule has 3 saturated heterocycles. The van der Waals surface area contributed by atoms with Gasteiger partial charge in [-0.05, 0) is 26.2 Å². The monoisotopic (exact) mass is 376 g/mol. The Morgan fingerprint density at radius 2 is 2.11 bits per heavy atom. The van der Waals surface area contributed by atoms with Crippen LogP contribution < -0.4 is 0 Å². The number of aromatic nitrogens is 2. The van der Waals surface area contributed by atoms with Crippen molar-refractivity contribution in [3.8, 4) is 0 Å². The minimum atomic E-state index is -0.622. The fourth-order valence-corrected chi connectivity index (χ4v) is 5.26. The molecule has 2 atom stereocenters. The molecule has 27 heavy (non-hydrogen) atoms. The number of carbonyl (C=O) groups is 1. The largest absolute Gasteiger partial charge is 0.481 e. The van der Waals surface area contributed by atoms with E-state index in [0.29, 0.717) is 19.1 Å². The first-order valence-corrected chi connectivity index (χ1v) is 10.3. The Morgan fingerprint density at radius 3 is 2.78 bits per heavy atom. The van der Waals surface area contributed by atoms with E-state index in [1.807, 2.05) is 4.68 Å². The highest BCUT2D eigenvalue weighted by Gasteiger charge is 2.58. The molecule has 3 aliphatic heterocycles. The zero-order valence-electron chi connectivity index (χ0n) is 16.6. The van der Waals surface area contributed by atoms with Crippen LogP contribution in [0.2, 0.25) is 0 Å². The molecule has 1 aromatic rings. The lowest BCUT2D eigenvalue weighted by atomic mass is 9.81. The Bertz CT molecular complexity index is 685. The predicted molar refractivity (Wildman–Crippen MR) is 102 cm³/mol. The van der Waals surface area contributed by atoms with Gasteiger partial charge in [-0.1, -0.05) is 6.92 Å². The maximum absolute atomic E-state index is 12.3. The number of aryl methyl sites for hydroxylation is 2. The molecule has 7 nitrogen and oxygen atoms in total. The molecule has 4 rings (SSSR count). The summed E-state index contributed by atoms with van der Waals surface area (Å²) in [4.78, 5) is 17.1. The molecule has 0 saturated carbocycles. The van der Waals surface area contributed by atoms with Gasteiger partial charge in [0.25, 0.3) is 0 Å². The number of nitrogens with zero attached hydrogens (tertiary/aromatic N) is 4. The number of hydrogen-bond donors (Lipinski definition) is 1. The summed E-state index contributed by atoms with van der Waals surface area (Å²) < 4.78 is 7.50. The SMILES string of the molecule is CCCn1cc(CN2C[C@H]3CN(C4CCOCC4)C[C@@]3(C(=O)O)C2)c(C)n1. The number of fused-ring (bicyclic) bond motifs is 1. The summed E-state index contributed by atoms with van der Waals surface area (Å²) in [5.74, 6) is -0.410. The van der Waals surface area contributed by atoms with Crippen LogP contribution in [0.1, 0.15) is 37.4 Å². The summed E-state index contributed by atoms with van der Waals surface area (Å²) >= 11 is 0. The molecule has 0 bridgehead atoms. The van der Waals surface area contributed by atoms with Crippen LogP contribution in [0.3, 0.4) is 0 Å². The van der Waals surface area contributed by atoms with Crippen molar-refractivity contribution in [3.05, 3.63) is 17.5 Å². The van der Waals surface area contributed by atoms with Crippen LogP contribution in [-0.2, 0) is 22.6 Å². The molecule has 7 heteroatoms. The van der Waals surface area contributed by atoms with E-state index in [-0.39, 0.29) is 5.92 Å². The van der Waals surface area contributed by atoms with Crippen LogP contribution in [-0.4, -0.2) is 76.1 Å². The molecule has 1 N–H and O–H groups in total. The van der Waals surface area contributed by atoms with Crippen molar-refractivity contribution < 1.29 is 14.6 Å². The van der Waals surface area contributed by atoms with Gasteiger partial charge in [0.15, 0.2) is 0 Å². The zero-order valence-corrected chi connectivity index (χ0v) is 16.6. The fraction of sp³-hybridized carbons (Fsp3) is 0.800. The molecule has 3 fully saturated rings. The van der Waals surface area contributed by atoms with Crippen LogP contribution in [0.5, 0.6) is 0 Å². The highest BCUT2D eigenvalue weighted by atomic mass is 16.5. The average Bonchev–Trinajstić information content (AvgIpc) is 3.27. The summed E-state index contributed by atoms with van der Waals surface area (Å²) in [5, 5.41) is 14.7. The van der Waals surface area contributed by atoms with Gasteiger partial charge in [0.05, 0.1) is 11.1 Å². The molecule has 3 aliphatic rings. The molecule has 0 unspecified atom stereocenters. The molecule has 0 amide bonds. The molecule has 0 radical (unpaired) electrons. The third-order valence-corrected chi connectivity index (χ3v) is 6.73. The Morgan fingerprint density at radius 1 is 1.33 bits per heavy atom. The van der Waals surface area contributed by atoms with Crippen LogP contribution in [0, 0.1) is 18.3 Å². The summed E-state index contributed by atoms with van der Waals surface area (Å²) in [5.41, 5.74) is 1.67. The highest BCUT2D eigenvalue weighted by Crippen LogP contribution is 2.44. The second-order valence-electron chi connectivity index (χ2n) is 8.60. The lowest BCUT2D eigenvalue weighted by Crippen LogP contribution is -2.44. The standard InChI is InChI=1S/C20H32N4O3/c1-3-6-24-10-16(15(2)21-24)9-22-11-17-12-23(18-4-7-27-8-5-18)14-20(17,13-22)19(25)26/h10,17-18H,3-9,11-14H2,1-2H3,(H,25,26)/t17-,20-/m0/s1. The molecule has 1 aromatic heterocycles. The maximum atomic E-state index is 12.3. The number of aliphatic carboxylic acids is 1. The molecule has 0 spiro atoms. The molecular formula is C20H32N4O3. The van der Waals surface area contributed by atoms with E-state index in [1.54, 1.807) is 0 Å². The normalized spacial score (nSPS) is 30.1. The highest BCUT2D eigenvalue weighted by molar-refractivity contribution is 5.77. The molecule has 0 aliphatic carbocycles. The zero-order chi connectivity index (χ0) is 19.0. The number of likely N-dealkylation sites (tertiary alicyclic amines) is 2. The lowest BCUT2D eigenvalue weighted by molar-refractivity contribution is -0.149. The number of rotatable bonds is 6. The van der Waals surface area contributed by atoms with Crippen molar-refractivity contribution in [2.24, 2.45) is 11.3 Å². The van der Waals surface area contributed by atoms with Gasteiger partial charge in [-0.2, -0.15) is 5.10 Å². The molecule has 4 heterocycles. The van der Waals surface area contributed by atoms with Crippen LogP contribution in [0.15, 0.2) is 6.20 Å². The van der Waals surface area contributed by atoms with Gasteiger partial charge in [0.2, 0.25) is 0 Å². The predicted octanol–water partition coefficient (Wildman–Crippen LogP) is 1.60. The van der Waals surface area contributed by atoms with E-state index < -0.39 is 11.4 Å². The first kappa shape index (κ1) is 18.9. The fourth-order valence-electron chi connectivity index (χ4n) is 5.26. The van der Waals surface area contributed by atoms with Crippen molar-refractivity contribution in [1.82, 2.24) is 19.6 Å².